The van der Waals surface area contributed by atoms with Crippen molar-refractivity contribution in [2.75, 3.05) is 18.9 Å². The molecule has 0 spiro atoms. The molecule has 1 aliphatic heterocycles. The molecule has 0 saturated carbocycles. The maximum Gasteiger partial charge on any atom is 0.416 e. The summed E-state index contributed by atoms with van der Waals surface area (Å²) in [7, 11) is -2.20. The normalized spacial score (nSPS) is 16.8. The highest BCUT2D eigenvalue weighted by Gasteiger charge is 2.40. The van der Waals surface area contributed by atoms with Gasteiger partial charge in [-0.1, -0.05) is 23.7 Å². The summed E-state index contributed by atoms with van der Waals surface area (Å²) in [5, 5.41) is 5.69. The lowest BCUT2D eigenvalue weighted by molar-refractivity contribution is -0.137. The number of nitrogens with zero attached hydrogens (tertiary/aromatic N) is 2. The predicted octanol–water partition coefficient (Wildman–Crippen LogP) is 4.99. The molecule has 4 rings (SSSR count). The second-order valence-electron chi connectivity index (χ2n) is 8.12. The number of thiophene rings is 1. The Morgan fingerprint density at radius 1 is 1.19 bits per heavy atom. The monoisotopic (exact) mass is 558 g/mol. The summed E-state index contributed by atoms with van der Waals surface area (Å²) in [6.45, 7) is 0.312. The number of amides is 1. The minimum absolute atomic E-state index is 0.0822. The topological polar surface area (TPSA) is 91.4 Å². The molecule has 3 heterocycles. The third-order valence-corrected chi connectivity index (χ3v) is 9.34. The van der Waals surface area contributed by atoms with Crippen LogP contribution in [0, 0.1) is 0 Å². The van der Waals surface area contributed by atoms with E-state index in [2.05, 4.69) is 15.6 Å². The molecule has 1 aliphatic rings. The Morgan fingerprint density at radius 2 is 1.92 bits per heavy atom. The first kappa shape index (κ1) is 26.4. The Morgan fingerprint density at radius 3 is 2.53 bits per heavy atom. The summed E-state index contributed by atoms with van der Waals surface area (Å²) in [4.78, 5) is 17.4. The fourth-order valence-electron chi connectivity index (χ4n) is 3.94. The molecule has 0 bridgehead atoms. The average molecular weight is 559 g/mol. The van der Waals surface area contributed by atoms with Crippen LogP contribution in [0.5, 0.6) is 0 Å². The van der Waals surface area contributed by atoms with Gasteiger partial charge in [0.05, 0.1) is 15.6 Å². The van der Waals surface area contributed by atoms with Crippen molar-refractivity contribution >= 4 is 44.7 Å². The van der Waals surface area contributed by atoms with Gasteiger partial charge in [0.25, 0.3) is 10.0 Å². The van der Waals surface area contributed by atoms with Gasteiger partial charge in [-0.3, -0.25) is 4.79 Å². The molecule has 1 fully saturated rings. The van der Waals surface area contributed by atoms with Crippen LogP contribution in [-0.4, -0.2) is 43.2 Å². The van der Waals surface area contributed by atoms with E-state index in [4.69, 9.17) is 11.6 Å². The predicted molar refractivity (Wildman–Crippen MR) is 132 cm³/mol. The Labute approximate surface area is 215 Å². The molecule has 0 aliphatic carbocycles. The van der Waals surface area contributed by atoms with Gasteiger partial charge in [-0.05, 0) is 54.8 Å². The number of hydrogen-bond acceptors (Lipinski definition) is 6. The van der Waals surface area contributed by atoms with E-state index in [1.807, 2.05) is 0 Å². The van der Waals surface area contributed by atoms with Gasteiger partial charge < -0.3 is 10.6 Å². The third kappa shape index (κ3) is 5.66. The largest absolute Gasteiger partial charge is 0.416 e. The summed E-state index contributed by atoms with van der Waals surface area (Å²) in [5.41, 5.74) is 0.800. The van der Waals surface area contributed by atoms with E-state index in [9.17, 15) is 26.4 Å². The third-order valence-electron chi connectivity index (χ3n) is 5.73. The molecule has 1 saturated heterocycles. The van der Waals surface area contributed by atoms with E-state index < -0.39 is 33.7 Å². The minimum atomic E-state index is -4.44. The molecule has 2 N–H and O–H groups in total. The quantitative estimate of drug-likeness (QED) is 0.426. The van der Waals surface area contributed by atoms with Gasteiger partial charge in [-0.15, -0.1) is 11.3 Å². The Balaban J connectivity index is 1.50. The van der Waals surface area contributed by atoms with Crippen LogP contribution in [-0.2, 0) is 27.5 Å². The zero-order chi connectivity index (χ0) is 26.1. The molecule has 1 aromatic carbocycles. The van der Waals surface area contributed by atoms with Crippen LogP contribution in [0.1, 0.15) is 24.0 Å². The zero-order valence-electron chi connectivity index (χ0n) is 19.0. The molecule has 36 heavy (non-hydrogen) atoms. The highest BCUT2D eigenvalue weighted by atomic mass is 35.5. The molecule has 192 valence electrons. The second-order valence-corrected chi connectivity index (χ2v) is 12.0. The number of carbonyl (C=O) groups is 1. The average Bonchev–Trinajstić information content (AvgIpc) is 3.52. The SMILES string of the molecule is CNc1cc(CNC(=O)[C@@H]2CCCN2S(=O)(=O)c2ccc(Cl)s2)cc(-c2ccc(C(F)(F)F)cc2)n1. The smallest absolute Gasteiger partial charge is 0.373 e. The zero-order valence-corrected chi connectivity index (χ0v) is 21.4. The Hall–Kier alpha value is -2.67. The molecule has 3 aromatic rings. The summed E-state index contributed by atoms with van der Waals surface area (Å²) in [6, 6.07) is 10.1. The van der Waals surface area contributed by atoms with Crippen LogP contribution in [0.4, 0.5) is 19.0 Å². The number of alkyl halides is 3. The lowest BCUT2D eigenvalue weighted by Gasteiger charge is -2.22. The number of nitrogens with one attached hydrogen (secondary N) is 2. The van der Waals surface area contributed by atoms with Crippen molar-refractivity contribution < 1.29 is 26.4 Å². The molecule has 2 aromatic heterocycles. The summed E-state index contributed by atoms with van der Waals surface area (Å²) >= 11 is 6.83. The molecule has 1 atom stereocenters. The van der Waals surface area contributed by atoms with Crippen LogP contribution in [0.3, 0.4) is 0 Å². The van der Waals surface area contributed by atoms with E-state index in [1.165, 1.54) is 28.6 Å². The maximum atomic E-state index is 13.0. The highest BCUT2D eigenvalue weighted by molar-refractivity contribution is 7.91. The maximum absolute atomic E-state index is 13.0. The number of benzene rings is 1. The van der Waals surface area contributed by atoms with Gasteiger partial charge in [-0.25, -0.2) is 13.4 Å². The van der Waals surface area contributed by atoms with Crippen molar-refractivity contribution in [1.82, 2.24) is 14.6 Å². The minimum Gasteiger partial charge on any atom is -0.373 e. The fourth-order valence-corrected chi connectivity index (χ4v) is 7.21. The van der Waals surface area contributed by atoms with Crippen molar-refractivity contribution in [3.63, 3.8) is 0 Å². The van der Waals surface area contributed by atoms with E-state index >= 15 is 0 Å². The van der Waals surface area contributed by atoms with Gasteiger partial charge in [0.15, 0.2) is 0 Å². The van der Waals surface area contributed by atoms with Gasteiger partial charge >= 0.3 is 6.18 Å². The number of halogens is 4. The number of pyridine rings is 1. The van der Waals surface area contributed by atoms with Crippen LogP contribution in [0.15, 0.2) is 52.7 Å². The van der Waals surface area contributed by atoms with Crippen molar-refractivity contribution in [2.45, 2.75) is 35.8 Å². The molecule has 1 amide bonds. The molecular formula is C23H22ClF3N4O3S2. The number of carbonyl (C=O) groups excluding carboxylic acids is 1. The van der Waals surface area contributed by atoms with Crippen molar-refractivity contribution in [3.05, 3.63) is 64.0 Å². The number of rotatable bonds is 7. The van der Waals surface area contributed by atoms with Gasteiger partial charge in [0, 0.05) is 25.7 Å². The van der Waals surface area contributed by atoms with Crippen LogP contribution in [0.2, 0.25) is 4.34 Å². The summed E-state index contributed by atoms with van der Waals surface area (Å²) in [6.07, 6.45) is -3.50. The van der Waals surface area contributed by atoms with Crippen LogP contribution in [0.25, 0.3) is 11.3 Å². The van der Waals surface area contributed by atoms with Crippen LogP contribution < -0.4 is 10.6 Å². The van der Waals surface area contributed by atoms with Gasteiger partial charge in [0.2, 0.25) is 5.91 Å². The van der Waals surface area contributed by atoms with E-state index in [1.54, 1.807) is 19.2 Å². The number of aromatic nitrogens is 1. The Bertz CT molecular complexity index is 1360. The van der Waals surface area contributed by atoms with Gasteiger partial charge in [-0.2, -0.15) is 17.5 Å². The molecule has 0 radical (unpaired) electrons. The first-order valence-corrected chi connectivity index (χ1v) is 13.5. The van der Waals surface area contributed by atoms with Crippen molar-refractivity contribution in [3.8, 4) is 11.3 Å². The number of hydrogen-bond donors (Lipinski definition) is 2. The number of anilines is 1. The van der Waals surface area contributed by atoms with E-state index in [0.717, 1.165) is 23.5 Å². The van der Waals surface area contributed by atoms with E-state index in [0.29, 0.717) is 39.8 Å². The Kier molecular flexibility index (Phi) is 7.60. The lowest BCUT2D eigenvalue weighted by atomic mass is 10.1. The number of sulfonamides is 1. The fraction of sp³-hybridized carbons (Fsp3) is 0.304. The molecule has 13 heteroatoms. The lowest BCUT2D eigenvalue weighted by Crippen LogP contribution is -2.45. The first-order valence-electron chi connectivity index (χ1n) is 10.9. The standard InChI is InChI=1S/C23H22ClF3N4O3S2/c1-28-20-12-14(11-17(30-20)15-4-6-16(7-5-15)23(25,26)27)13-29-22(32)18-3-2-10-31(18)36(33,34)21-9-8-19(24)35-21/h4-9,11-12,18H,2-3,10,13H2,1H3,(H,28,30)(H,29,32)/t18-/m0/s1. The molecule has 0 unspecified atom stereocenters. The molecule has 7 nitrogen and oxygen atoms in total. The van der Waals surface area contributed by atoms with E-state index in [-0.39, 0.29) is 17.3 Å². The first-order chi connectivity index (χ1) is 17.0. The molecular weight excluding hydrogens is 537 g/mol. The van der Waals surface area contributed by atoms with Crippen LogP contribution >= 0.6 is 22.9 Å². The highest BCUT2D eigenvalue weighted by Crippen LogP contribution is 2.33. The van der Waals surface area contributed by atoms with Crippen molar-refractivity contribution in [2.24, 2.45) is 0 Å². The van der Waals surface area contributed by atoms with Gasteiger partial charge in [0.1, 0.15) is 16.1 Å². The summed E-state index contributed by atoms with van der Waals surface area (Å²) in [5.74, 6) is 0.0360. The second kappa shape index (κ2) is 10.4. The van der Waals surface area contributed by atoms with Crippen molar-refractivity contribution in [1.29, 1.82) is 0 Å². The summed E-state index contributed by atoms with van der Waals surface area (Å²) < 4.78 is 66.3.